The Kier molecular flexibility index (Phi) is 34.4. The summed E-state index contributed by atoms with van der Waals surface area (Å²) in [4.78, 5) is 63.3. The lowest BCUT2D eigenvalue weighted by Gasteiger charge is -2.23. The maximum Gasteiger partial charge on any atom is 0.402 e. The largest absolute Gasteiger partial charge is 0.478 e. The van der Waals surface area contributed by atoms with Crippen LogP contribution in [0, 0.1) is 12.3 Å². The van der Waals surface area contributed by atoms with Gasteiger partial charge in [-0.25, -0.2) is 28.8 Å². The number of benzene rings is 1. The monoisotopic (exact) mass is 587 g/mol. The van der Waals surface area contributed by atoms with Crippen molar-refractivity contribution in [2.24, 2.45) is 21.1 Å². The molecule has 0 radical (unpaired) electrons. The van der Waals surface area contributed by atoms with Gasteiger partial charge < -0.3 is 46.6 Å². The van der Waals surface area contributed by atoms with E-state index in [1.54, 1.807) is 19.1 Å². The van der Waals surface area contributed by atoms with Crippen LogP contribution < -0.4 is 5.73 Å². The van der Waals surface area contributed by atoms with Crippen molar-refractivity contribution in [2.75, 3.05) is 26.4 Å². The highest BCUT2D eigenvalue weighted by atomic mass is 16.4. The molecule has 0 fully saturated rings. The topological polar surface area (TPSA) is 315 Å². The number of amides is 1. The summed E-state index contributed by atoms with van der Waals surface area (Å²) in [5.74, 6) is -2.94. The molecule has 0 saturated heterocycles. The van der Waals surface area contributed by atoms with Gasteiger partial charge in [0.15, 0.2) is 0 Å². The first-order valence-electron chi connectivity index (χ1n) is 10.3. The third-order valence-electron chi connectivity index (χ3n) is 3.40. The molecule has 0 aromatic heterocycles. The van der Waals surface area contributed by atoms with E-state index in [0.29, 0.717) is 11.4 Å². The fourth-order valence-electron chi connectivity index (χ4n) is 1.19. The number of carbonyl (C=O) groups is 4. The standard InChI is InChI=1S/C9H6N2O2.C5H12O4.3C3H4O2.CH3NO2/c1-7-2-3-8(10-5-12)4-9(7)11-6-13;6-1-5(2-7,3-8)4-9;3*1-2-3(4)5;2-1(3)4/h2-4H,1H3;6-9H,1-4H2;3*2H,1H2,(H,4,5);2H2,(H,3,4). The fraction of sp³-hybridized carbons (Fsp3) is 0.250. The zero-order chi connectivity index (χ0) is 33.4. The lowest BCUT2D eigenvalue weighted by molar-refractivity contribution is -0.132. The number of nitrogens with two attached hydrogens (primary N) is 1. The molecule has 41 heavy (non-hydrogen) atoms. The highest BCUT2D eigenvalue weighted by Crippen LogP contribution is 2.23. The van der Waals surface area contributed by atoms with Crippen LogP contribution in [-0.4, -0.2) is 103 Å². The molecule has 17 heteroatoms. The smallest absolute Gasteiger partial charge is 0.402 e. The van der Waals surface area contributed by atoms with Gasteiger partial charge in [-0.05, 0) is 24.6 Å². The number of carboxylic acid groups (broad SMARTS) is 4. The summed E-state index contributed by atoms with van der Waals surface area (Å²) in [6, 6.07) is 4.88. The molecule has 0 aliphatic carbocycles. The number of isocyanates is 2. The van der Waals surface area contributed by atoms with Crippen LogP contribution in [0.2, 0.25) is 0 Å². The second-order valence-electron chi connectivity index (χ2n) is 6.47. The number of carboxylic acids is 3. The lowest BCUT2D eigenvalue weighted by atomic mass is 9.93. The van der Waals surface area contributed by atoms with Crippen LogP contribution in [0.3, 0.4) is 0 Å². The van der Waals surface area contributed by atoms with Crippen molar-refractivity contribution in [1.82, 2.24) is 0 Å². The molecule has 17 nitrogen and oxygen atoms in total. The molecule has 0 saturated carbocycles. The summed E-state index contributed by atoms with van der Waals surface area (Å²) >= 11 is 0. The maximum absolute atomic E-state index is 10.00. The molecule has 0 spiro atoms. The number of aryl methyl sites for hydroxylation is 1. The van der Waals surface area contributed by atoms with Crippen molar-refractivity contribution < 1.29 is 69.6 Å². The molecule has 10 N–H and O–H groups in total. The van der Waals surface area contributed by atoms with Crippen molar-refractivity contribution in [2.45, 2.75) is 6.92 Å². The van der Waals surface area contributed by atoms with E-state index < -0.39 is 55.8 Å². The average Bonchev–Trinajstić information content (AvgIpc) is 2.93. The molecule has 0 unspecified atom stereocenters. The Morgan fingerprint density at radius 1 is 0.780 bits per heavy atom. The maximum atomic E-state index is 10.00. The fourth-order valence-corrected chi connectivity index (χ4v) is 1.19. The Morgan fingerprint density at radius 2 is 1.07 bits per heavy atom. The predicted molar refractivity (Wildman–Crippen MR) is 143 cm³/mol. The van der Waals surface area contributed by atoms with Gasteiger partial charge in [0.2, 0.25) is 12.2 Å². The van der Waals surface area contributed by atoms with Gasteiger partial charge in [0.1, 0.15) is 0 Å². The van der Waals surface area contributed by atoms with Crippen molar-refractivity contribution >= 4 is 47.5 Å². The van der Waals surface area contributed by atoms with Crippen LogP contribution in [-0.2, 0) is 24.0 Å². The molecule has 0 aliphatic rings. The summed E-state index contributed by atoms with van der Waals surface area (Å²) in [5, 5.41) is 64.0. The first-order chi connectivity index (χ1) is 19.1. The van der Waals surface area contributed by atoms with Crippen LogP contribution in [0.5, 0.6) is 0 Å². The molecule has 0 heterocycles. The molecule has 1 amide bonds. The van der Waals surface area contributed by atoms with Crippen molar-refractivity contribution in [3.63, 3.8) is 0 Å². The van der Waals surface area contributed by atoms with E-state index >= 15 is 0 Å². The predicted octanol–water partition coefficient (Wildman–Crippen LogP) is 0.266. The number of hydrogen-bond donors (Lipinski definition) is 9. The van der Waals surface area contributed by atoms with Gasteiger partial charge in [-0.1, -0.05) is 25.8 Å². The van der Waals surface area contributed by atoms with Gasteiger partial charge in [-0.15, -0.1) is 0 Å². The Hall–Kier alpha value is -5.28. The minimum Gasteiger partial charge on any atom is -0.478 e. The first kappa shape index (κ1) is 45.6. The van der Waals surface area contributed by atoms with Crippen LogP contribution in [0.1, 0.15) is 5.56 Å². The molecule has 1 aromatic carbocycles. The Morgan fingerprint density at radius 3 is 1.27 bits per heavy atom. The summed E-state index contributed by atoms with van der Waals surface area (Å²) in [7, 11) is 0. The second-order valence-corrected chi connectivity index (χ2v) is 6.47. The number of primary amides is 1. The molecule has 0 bridgehead atoms. The van der Waals surface area contributed by atoms with Gasteiger partial charge in [-0.2, -0.15) is 9.98 Å². The minimum absolute atomic E-state index is 0.406. The van der Waals surface area contributed by atoms with Gasteiger partial charge >= 0.3 is 24.0 Å². The van der Waals surface area contributed by atoms with Crippen LogP contribution in [0.15, 0.2) is 66.1 Å². The van der Waals surface area contributed by atoms with Crippen LogP contribution in [0.4, 0.5) is 16.2 Å². The van der Waals surface area contributed by atoms with Crippen molar-refractivity contribution in [3.05, 3.63) is 61.7 Å². The van der Waals surface area contributed by atoms with E-state index in [-0.39, 0.29) is 0 Å². The number of carbonyl (C=O) groups excluding carboxylic acids is 2. The molecule has 0 atom stereocenters. The van der Waals surface area contributed by atoms with E-state index in [9.17, 15) is 24.0 Å². The van der Waals surface area contributed by atoms with Crippen molar-refractivity contribution in [1.29, 1.82) is 0 Å². The molecule has 0 aliphatic heterocycles. The Bertz CT molecular complexity index is 991. The summed E-state index contributed by atoms with van der Waals surface area (Å²) < 4.78 is 0. The van der Waals surface area contributed by atoms with E-state index in [4.69, 9.17) is 45.6 Å². The minimum atomic E-state index is -1.33. The Labute approximate surface area is 233 Å². The number of nitrogens with zero attached hydrogens (tertiary/aromatic N) is 2. The van der Waals surface area contributed by atoms with Gasteiger partial charge in [-0.3, -0.25) is 0 Å². The number of rotatable bonds is 9. The third-order valence-corrected chi connectivity index (χ3v) is 3.40. The molecular weight excluding hydrogens is 554 g/mol. The summed E-state index contributed by atoms with van der Waals surface area (Å²) in [6.07, 6.45) is 4.00. The van der Waals surface area contributed by atoms with Crippen molar-refractivity contribution in [3.8, 4) is 0 Å². The van der Waals surface area contributed by atoms with E-state index in [2.05, 4.69) is 35.5 Å². The first-order valence-corrected chi connectivity index (χ1v) is 10.3. The van der Waals surface area contributed by atoms with Gasteiger partial charge in [0, 0.05) is 18.2 Å². The second kappa shape index (κ2) is 30.9. The number of aliphatic imine (C=N–C) groups is 2. The lowest BCUT2D eigenvalue weighted by Crippen LogP contribution is -2.37. The van der Waals surface area contributed by atoms with Gasteiger partial charge in [0.25, 0.3) is 0 Å². The average molecular weight is 588 g/mol. The van der Waals surface area contributed by atoms with E-state index in [1.165, 1.54) is 18.2 Å². The zero-order valence-corrected chi connectivity index (χ0v) is 21.9. The SMILES string of the molecule is C=CC(=O)O.C=CC(=O)O.C=CC(=O)O.Cc1ccc(N=C=O)cc1N=C=O.NC(=O)O.OCC(CO)(CO)CO. The number of aliphatic hydroxyl groups excluding tert-OH is 4. The normalized spacial score (nSPS) is 8.22. The zero-order valence-electron chi connectivity index (χ0n) is 21.9. The van der Waals surface area contributed by atoms with E-state index in [0.717, 1.165) is 23.8 Å². The van der Waals surface area contributed by atoms with Crippen LogP contribution in [0.25, 0.3) is 0 Å². The molecular formula is C24H33N3O14. The summed E-state index contributed by atoms with van der Waals surface area (Å²) in [5.41, 5.74) is 4.63. The Balaban J connectivity index is -0.000000135. The van der Waals surface area contributed by atoms with Gasteiger partial charge in [0.05, 0.1) is 43.2 Å². The highest BCUT2D eigenvalue weighted by Gasteiger charge is 2.26. The third kappa shape index (κ3) is 36.9. The number of aliphatic hydroxyl groups is 4. The molecule has 1 rings (SSSR count). The van der Waals surface area contributed by atoms with Crippen LogP contribution >= 0.6 is 0 Å². The number of hydrogen-bond acceptors (Lipinski definition) is 12. The number of aliphatic carboxylic acids is 3. The molecule has 1 aromatic rings. The quantitative estimate of drug-likeness (QED) is 0.106. The van der Waals surface area contributed by atoms with E-state index in [1.807, 2.05) is 0 Å². The molecule has 228 valence electrons. The summed E-state index contributed by atoms with van der Waals surface area (Å²) in [6.45, 7) is 9.05. The highest BCUT2D eigenvalue weighted by molar-refractivity contribution is 5.79.